The third-order valence-electron chi connectivity index (χ3n) is 5.29. The van der Waals surface area contributed by atoms with Crippen molar-refractivity contribution in [2.45, 2.75) is 32.0 Å². The number of aromatic nitrogens is 2. The summed E-state index contributed by atoms with van der Waals surface area (Å²) in [6, 6.07) is 11.2. The molecule has 1 saturated heterocycles. The third-order valence-corrected chi connectivity index (χ3v) is 5.29. The maximum atomic E-state index is 9.70. The van der Waals surface area contributed by atoms with Gasteiger partial charge in [0.15, 0.2) is 0 Å². The molecule has 1 fully saturated rings. The van der Waals surface area contributed by atoms with Crippen molar-refractivity contribution >= 4 is 0 Å². The molecule has 0 amide bonds. The number of likely N-dealkylation sites (N-methyl/N-ethyl adjacent to an activating group) is 1. The van der Waals surface area contributed by atoms with Gasteiger partial charge >= 0.3 is 0 Å². The summed E-state index contributed by atoms with van der Waals surface area (Å²) in [5.74, 6) is 0.378. The Hall–Kier alpha value is -1.69. The van der Waals surface area contributed by atoms with Crippen LogP contribution in [0.3, 0.4) is 0 Å². The first-order chi connectivity index (χ1) is 12.2. The van der Waals surface area contributed by atoms with E-state index in [-0.39, 0.29) is 6.61 Å². The zero-order valence-electron chi connectivity index (χ0n) is 15.4. The summed E-state index contributed by atoms with van der Waals surface area (Å²) >= 11 is 0. The number of hydrogen-bond acceptors (Lipinski definition) is 4. The summed E-state index contributed by atoms with van der Waals surface area (Å²) in [6.07, 6.45) is 6.09. The van der Waals surface area contributed by atoms with Crippen LogP contribution in [0.25, 0.3) is 0 Å². The van der Waals surface area contributed by atoms with Gasteiger partial charge in [-0.05, 0) is 50.0 Å². The van der Waals surface area contributed by atoms with Crippen LogP contribution in [0.1, 0.15) is 24.0 Å². The normalized spacial score (nSPS) is 22.2. The molecule has 25 heavy (non-hydrogen) atoms. The number of aliphatic hydroxyl groups excluding tert-OH is 1. The van der Waals surface area contributed by atoms with E-state index >= 15 is 0 Å². The molecule has 3 rings (SSSR count). The fraction of sp³-hybridized carbons (Fsp3) is 0.550. The maximum Gasteiger partial charge on any atom is 0.0662 e. The molecule has 0 saturated carbocycles. The Morgan fingerprint density at radius 3 is 2.48 bits per heavy atom. The summed E-state index contributed by atoms with van der Waals surface area (Å²) in [5.41, 5.74) is 2.67. The number of nitrogens with zero attached hydrogens (tertiary/aromatic N) is 4. The van der Waals surface area contributed by atoms with Crippen LogP contribution in [0.4, 0.5) is 0 Å². The van der Waals surface area contributed by atoms with Crippen LogP contribution in [-0.4, -0.2) is 64.5 Å². The lowest BCUT2D eigenvalue weighted by atomic mass is 10.0. The quantitative estimate of drug-likeness (QED) is 0.873. The van der Waals surface area contributed by atoms with E-state index in [1.807, 2.05) is 23.1 Å². The highest BCUT2D eigenvalue weighted by Crippen LogP contribution is 2.22. The summed E-state index contributed by atoms with van der Waals surface area (Å²) in [6.45, 7) is 4.04. The van der Waals surface area contributed by atoms with Crippen molar-refractivity contribution in [1.29, 1.82) is 0 Å². The lowest BCUT2D eigenvalue weighted by Crippen LogP contribution is -2.39. The van der Waals surface area contributed by atoms with Gasteiger partial charge in [-0.15, -0.1) is 0 Å². The second kappa shape index (κ2) is 8.61. The minimum Gasteiger partial charge on any atom is -0.396 e. The first kappa shape index (κ1) is 18.1. The molecule has 1 aliphatic heterocycles. The summed E-state index contributed by atoms with van der Waals surface area (Å²) in [7, 11) is 4.32. The minimum absolute atomic E-state index is 0.283. The van der Waals surface area contributed by atoms with E-state index in [1.54, 1.807) is 0 Å². The first-order valence-electron chi connectivity index (χ1n) is 9.19. The third kappa shape index (κ3) is 4.91. The topological polar surface area (TPSA) is 44.5 Å². The van der Waals surface area contributed by atoms with Gasteiger partial charge in [-0.25, -0.2) is 0 Å². The van der Waals surface area contributed by atoms with E-state index in [0.717, 1.165) is 39.0 Å². The van der Waals surface area contributed by atoms with Crippen LogP contribution in [0, 0.1) is 5.92 Å². The van der Waals surface area contributed by atoms with Gasteiger partial charge in [0.2, 0.25) is 0 Å². The molecule has 2 heterocycles. The Kier molecular flexibility index (Phi) is 6.24. The van der Waals surface area contributed by atoms with Gasteiger partial charge in [0.05, 0.1) is 6.54 Å². The Bertz CT molecular complexity index is 641. The summed E-state index contributed by atoms with van der Waals surface area (Å²) < 4.78 is 1.97. The molecule has 1 aliphatic rings. The van der Waals surface area contributed by atoms with Crippen LogP contribution in [0.15, 0.2) is 42.7 Å². The van der Waals surface area contributed by atoms with Gasteiger partial charge in [-0.1, -0.05) is 24.3 Å². The molecule has 1 aromatic carbocycles. The van der Waals surface area contributed by atoms with E-state index < -0.39 is 0 Å². The number of benzene rings is 1. The van der Waals surface area contributed by atoms with Crippen molar-refractivity contribution in [1.82, 2.24) is 19.6 Å². The van der Waals surface area contributed by atoms with Crippen LogP contribution in [-0.2, 0) is 13.1 Å². The highest BCUT2D eigenvalue weighted by molar-refractivity contribution is 5.27. The fourth-order valence-corrected chi connectivity index (χ4v) is 3.72. The summed E-state index contributed by atoms with van der Waals surface area (Å²) in [5, 5.41) is 14.0. The van der Waals surface area contributed by atoms with Crippen molar-refractivity contribution in [2.75, 3.05) is 33.8 Å². The van der Waals surface area contributed by atoms with E-state index in [4.69, 9.17) is 0 Å². The number of rotatable bonds is 6. The SMILES string of the molecule is CN(C)[C@@H]1CC[C@H](CO)CN(Cc2ccccc2Cn2cccn2)C1. The molecule has 5 heteroatoms. The highest BCUT2D eigenvalue weighted by Gasteiger charge is 2.25. The molecular formula is C20H30N4O. The van der Waals surface area contributed by atoms with Gasteiger partial charge in [0.1, 0.15) is 0 Å². The first-order valence-corrected chi connectivity index (χ1v) is 9.19. The van der Waals surface area contributed by atoms with Crippen molar-refractivity contribution in [3.05, 3.63) is 53.9 Å². The molecule has 2 atom stereocenters. The van der Waals surface area contributed by atoms with Gasteiger partial charge in [0, 0.05) is 44.7 Å². The Balaban J connectivity index is 1.75. The van der Waals surface area contributed by atoms with Crippen molar-refractivity contribution < 1.29 is 5.11 Å². The van der Waals surface area contributed by atoms with Crippen LogP contribution >= 0.6 is 0 Å². The van der Waals surface area contributed by atoms with E-state index in [2.05, 4.69) is 53.3 Å². The summed E-state index contributed by atoms with van der Waals surface area (Å²) in [4.78, 5) is 4.84. The van der Waals surface area contributed by atoms with Gasteiger partial charge < -0.3 is 10.0 Å². The number of aliphatic hydroxyl groups is 1. The van der Waals surface area contributed by atoms with Crippen LogP contribution in [0.5, 0.6) is 0 Å². The molecule has 0 aliphatic carbocycles. The molecule has 0 unspecified atom stereocenters. The Labute approximate surface area is 150 Å². The molecular weight excluding hydrogens is 312 g/mol. The van der Waals surface area contributed by atoms with E-state index in [9.17, 15) is 5.11 Å². The smallest absolute Gasteiger partial charge is 0.0662 e. The Morgan fingerprint density at radius 2 is 1.84 bits per heavy atom. The van der Waals surface area contributed by atoms with Crippen molar-refractivity contribution in [3.8, 4) is 0 Å². The van der Waals surface area contributed by atoms with Gasteiger partial charge in [-0.2, -0.15) is 5.10 Å². The number of likely N-dealkylation sites (tertiary alicyclic amines) is 1. The maximum absolute atomic E-state index is 9.70. The highest BCUT2D eigenvalue weighted by atomic mass is 16.3. The predicted molar refractivity (Wildman–Crippen MR) is 100 cm³/mol. The molecule has 0 bridgehead atoms. The fourth-order valence-electron chi connectivity index (χ4n) is 3.72. The van der Waals surface area contributed by atoms with Crippen LogP contribution in [0.2, 0.25) is 0 Å². The van der Waals surface area contributed by atoms with Crippen LogP contribution < -0.4 is 0 Å². The Morgan fingerprint density at radius 1 is 1.08 bits per heavy atom. The van der Waals surface area contributed by atoms with Crippen molar-refractivity contribution in [2.24, 2.45) is 5.92 Å². The lowest BCUT2D eigenvalue weighted by Gasteiger charge is -2.29. The van der Waals surface area contributed by atoms with Gasteiger partial charge in [-0.3, -0.25) is 9.58 Å². The van der Waals surface area contributed by atoms with E-state index in [0.29, 0.717) is 12.0 Å². The second-order valence-electron chi connectivity index (χ2n) is 7.41. The molecule has 136 valence electrons. The minimum atomic E-state index is 0.283. The van der Waals surface area contributed by atoms with Gasteiger partial charge in [0.25, 0.3) is 0 Å². The molecule has 2 aromatic rings. The largest absolute Gasteiger partial charge is 0.396 e. The van der Waals surface area contributed by atoms with Crippen molar-refractivity contribution in [3.63, 3.8) is 0 Å². The molecule has 5 nitrogen and oxygen atoms in total. The zero-order valence-corrected chi connectivity index (χ0v) is 15.4. The van der Waals surface area contributed by atoms with E-state index in [1.165, 1.54) is 11.1 Å². The average molecular weight is 342 g/mol. The lowest BCUT2D eigenvalue weighted by molar-refractivity contribution is 0.157. The molecule has 0 radical (unpaired) electrons. The molecule has 1 N–H and O–H groups in total. The monoisotopic (exact) mass is 342 g/mol. The molecule has 1 aromatic heterocycles. The number of hydrogen-bond donors (Lipinski definition) is 1. The standard InChI is InChI=1S/C20H30N4O/c1-22(2)20-9-8-17(16-25)12-23(15-20)13-18-6-3-4-7-19(18)14-24-11-5-10-21-24/h3-7,10-11,17,20,25H,8-9,12-16H2,1-2H3/t17-,20+/m0/s1. The average Bonchev–Trinajstić information content (AvgIpc) is 3.02. The second-order valence-corrected chi connectivity index (χ2v) is 7.41. The zero-order chi connectivity index (χ0) is 17.6. The molecule has 0 spiro atoms. The predicted octanol–water partition coefficient (Wildman–Crippen LogP) is 2.07.